The number of anilines is 1. The quantitative estimate of drug-likeness (QED) is 0.290. The van der Waals surface area contributed by atoms with Crippen molar-refractivity contribution in [2.24, 2.45) is 0 Å². The van der Waals surface area contributed by atoms with Crippen molar-refractivity contribution in [3.05, 3.63) is 89.0 Å². The van der Waals surface area contributed by atoms with Gasteiger partial charge in [-0.05, 0) is 62.1 Å². The maximum Gasteiger partial charge on any atom is 0.240 e. The van der Waals surface area contributed by atoms with Crippen LogP contribution < -0.4 is 19.7 Å². The molecular formula is C33H34N4O4S. The lowest BCUT2D eigenvalue weighted by molar-refractivity contribution is -0.123. The smallest absolute Gasteiger partial charge is 0.240 e. The predicted molar refractivity (Wildman–Crippen MR) is 166 cm³/mol. The molecule has 3 aromatic carbocycles. The lowest BCUT2D eigenvalue weighted by Crippen LogP contribution is -2.43. The Balaban J connectivity index is 1.66. The predicted octanol–water partition coefficient (Wildman–Crippen LogP) is 5.62. The molecular weight excluding hydrogens is 548 g/mol. The summed E-state index contributed by atoms with van der Waals surface area (Å²) in [4.78, 5) is 28.8. The minimum atomic E-state index is -0.334. The Kier molecular flexibility index (Phi) is 7.68. The van der Waals surface area contributed by atoms with E-state index in [9.17, 15) is 9.59 Å². The van der Waals surface area contributed by atoms with Crippen LogP contribution >= 0.6 is 11.8 Å². The van der Waals surface area contributed by atoms with Crippen LogP contribution in [0.1, 0.15) is 40.3 Å². The van der Waals surface area contributed by atoms with Gasteiger partial charge >= 0.3 is 0 Å². The van der Waals surface area contributed by atoms with Crippen LogP contribution in [0.4, 0.5) is 5.82 Å². The maximum absolute atomic E-state index is 14.0. The van der Waals surface area contributed by atoms with Crippen LogP contribution in [0.15, 0.2) is 66.7 Å². The Morgan fingerprint density at radius 2 is 1.81 bits per heavy atom. The van der Waals surface area contributed by atoms with Crippen LogP contribution in [0.2, 0.25) is 0 Å². The first-order valence-electron chi connectivity index (χ1n) is 14.1. The van der Waals surface area contributed by atoms with E-state index in [2.05, 4.69) is 25.2 Å². The van der Waals surface area contributed by atoms with Gasteiger partial charge in [-0.1, -0.05) is 42.5 Å². The number of amides is 2. The van der Waals surface area contributed by atoms with Crippen molar-refractivity contribution in [2.45, 2.75) is 38.0 Å². The number of hydrogen-bond acceptors (Lipinski definition) is 6. The number of carbonyl (C=O) groups is 2. The third-order valence-electron chi connectivity index (χ3n) is 7.90. The molecule has 1 N–H and O–H groups in total. The molecule has 0 radical (unpaired) electrons. The van der Waals surface area contributed by atoms with Crippen molar-refractivity contribution in [1.82, 2.24) is 15.1 Å². The molecule has 4 aromatic rings. The van der Waals surface area contributed by atoms with Gasteiger partial charge in [0.1, 0.15) is 23.9 Å². The zero-order valence-electron chi connectivity index (χ0n) is 24.2. The van der Waals surface area contributed by atoms with Crippen molar-refractivity contribution in [3.8, 4) is 28.4 Å². The van der Waals surface area contributed by atoms with E-state index in [4.69, 9.17) is 14.6 Å². The van der Waals surface area contributed by atoms with Gasteiger partial charge in [-0.15, -0.1) is 11.8 Å². The van der Waals surface area contributed by atoms with Crippen molar-refractivity contribution >= 4 is 29.4 Å². The molecule has 9 heteroatoms. The Labute approximate surface area is 250 Å². The normalized spacial score (nSPS) is 16.5. The summed E-state index contributed by atoms with van der Waals surface area (Å²) in [6, 6.07) is 22.0. The van der Waals surface area contributed by atoms with E-state index in [-0.39, 0.29) is 35.4 Å². The first kappa shape index (κ1) is 27.9. The number of rotatable bonds is 8. The van der Waals surface area contributed by atoms with E-state index in [1.54, 1.807) is 19.1 Å². The highest BCUT2D eigenvalue weighted by Gasteiger charge is 2.39. The van der Waals surface area contributed by atoms with Crippen molar-refractivity contribution in [2.75, 3.05) is 31.4 Å². The molecule has 1 atom stereocenters. The fraction of sp³-hybridized carbons (Fsp3) is 0.303. The third-order valence-corrected chi connectivity index (χ3v) is 9.14. The lowest BCUT2D eigenvalue weighted by atomic mass is 9.98. The Morgan fingerprint density at radius 1 is 1.02 bits per heavy atom. The van der Waals surface area contributed by atoms with Gasteiger partial charge in [0.25, 0.3) is 0 Å². The number of carbonyl (C=O) groups excluding carboxylic acids is 2. The molecule has 1 fully saturated rings. The van der Waals surface area contributed by atoms with E-state index < -0.39 is 0 Å². The number of hydrogen-bond donors (Lipinski definition) is 1. The van der Waals surface area contributed by atoms with E-state index in [1.807, 2.05) is 65.3 Å². The summed E-state index contributed by atoms with van der Waals surface area (Å²) in [7, 11) is 3.28. The molecule has 0 unspecified atom stereocenters. The van der Waals surface area contributed by atoms with Crippen LogP contribution in [-0.4, -0.2) is 54.2 Å². The largest absolute Gasteiger partial charge is 0.497 e. The molecule has 0 spiro atoms. The maximum atomic E-state index is 14.0. The molecule has 1 aliphatic carbocycles. The average molecular weight is 583 g/mol. The van der Waals surface area contributed by atoms with Gasteiger partial charge in [0.15, 0.2) is 0 Å². The molecule has 8 nitrogen and oxygen atoms in total. The van der Waals surface area contributed by atoms with Crippen LogP contribution in [0.3, 0.4) is 0 Å². The average Bonchev–Trinajstić information content (AvgIpc) is 3.76. The fourth-order valence-corrected chi connectivity index (χ4v) is 6.61. The van der Waals surface area contributed by atoms with Gasteiger partial charge in [-0.3, -0.25) is 14.5 Å². The number of aryl methyl sites for hydroxylation is 1. The number of ether oxygens (including phenoxy) is 2. The number of benzene rings is 3. The summed E-state index contributed by atoms with van der Waals surface area (Å²) in [5.74, 6) is 1.82. The summed E-state index contributed by atoms with van der Waals surface area (Å²) in [6.07, 6.45) is 1.94. The molecule has 6 rings (SSSR count). The first-order valence-corrected chi connectivity index (χ1v) is 15.1. The van der Waals surface area contributed by atoms with Crippen molar-refractivity contribution < 1.29 is 19.1 Å². The number of thioether (sulfide) groups is 1. The van der Waals surface area contributed by atoms with Crippen LogP contribution in [-0.2, 0) is 9.59 Å². The standard InChI is InChI=1S/C33H34N4O4S/c1-20-9-8-12-26(21(20)2)37-33-30(31(35-37)22-10-6-5-7-11-22)32(25-17-24(40-3)15-16-27(25)41-4)42-19-29(39)36(33)18-28(38)34-23-13-14-23/h5-12,15-17,23,32H,13-14,18-19H2,1-4H3,(H,34,38)/t32-/m1/s1. The Bertz CT molecular complexity index is 1650. The highest BCUT2D eigenvalue weighted by Crippen LogP contribution is 2.51. The molecule has 0 saturated heterocycles. The third kappa shape index (κ3) is 5.25. The van der Waals surface area contributed by atoms with Gasteiger partial charge in [0.05, 0.1) is 36.6 Å². The van der Waals surface area contributed by atoms with E-state index in [0.717, 1.165) is 52.0 Å². The molecule has 2 amide bonds. The van der Waals surface area contributed by atoms with Crippen molar-refractivity contribution in [3.63, 3.8) is 0 Å². The molecule has 2 heterocycles. The van der Waals surface area contributed by atoms with Gasteiger partial charge in [0, 0.05) is 22.7 Å². The Morgan fingerprint density at radius 3 is 2.52 bits per heavy atom. The fourth-order valence-electron chi connectivity index (χ4n) is 5.40. The number of nitrogens with zero attached hydrogens (tertiary/aromatic N) is 3. The second kappa shape index (κ2) is 11.6. The molecule has 216 valence electrons. The van der Waals surface area contributed by atoms with Crippen LogP contribution in [0, 0.1) is 13.8 Å². The van der Waals surface area contributed by atoms with E-state index in [0.29, 0.717) is 17.3 Å². The topological polar surface area (TPSA) is 85.7 Å². The molecule has 2 aliphatic rings. The second-order valence-corrected chi connectivity index (χ2v) is 11.8. The molecule has 0 bridgehead atoms. The van der Waals surface area contributed by atoms with E-state index in [1.165, 1.54) is 11.8 Å². The SMILES string of the molecule is COc1ccc(OC)c([C@H]2SCC(=O)N(CC(=O)NC3CC3)c3c2c(-c2ccccc2)nn3-c2cccc(C)c2C)c1. The van der Waals surface area contributed by atoms with Crippen molar-refractivity contribution in [1.29, 1.82) is 0 Å². The van der Waals surface area contributed by atoms with Crippen LogP contribution in [0.5, 0.6) is 11.5 Å². The number of aromatic nitrogens is 2. The number of fused-ring (bicyclic) bond motifs is 1. The molecule has 1 saturated carbocycles. The first-order chi connectivity index (χ1) is 20.4. The van der Waals surface area contributed by atoms with Gasteiger partial charge < -0.3 is 14.8 Å². The Hall–Kier alpha value is -4.24. The number of methoxy groups -OCH3 is 2. The molecule has 1 aliphatic heterocycles. The second-order valence-electron chi connectivity index (χ2n) is 10.7. The van der Waals surface area contributed by atoms with Crippen LogP contribution in [0.25, 0.3) is 16.9 Å². The summed E-state index contributed by atoms with van der Waals surface area (Å²) in [5.41, 5.74) is 6.40. The zero-order chi connectivity index (χ0) is 29.4. The summed E-state index contributed by atoms with van der Waals surface area (Å²) in [6.45, 7) is 4.03. The zero-order valence-corrected chi connectivity index (χ0v) is 25.0. The molecule has 42 heavy (non-hydrogen) atoms. The summed E-state index contributed by atoms with van der Waals surface area (Å²) >= 11 is 1.51. The summed E-state index contributed by atoms with van der Waals surface area (Å²) < 4.78 is 13.3. The van der Waals surface area contributed by atoms with Gasteiger partial charge in [-0.2, -0.15) is 5.10 Å². The monoisotopic (exact) mass is 582 g/mol. The minimum Gasteiger partial charge on any atom is -0.497 e. The highest BCUT2D eigenvalue weighted by molar-refractivity contribution is 8.00. The number of nitrogens with one attached hydrogen (secondary N) is 1. The summed E-state index contributed by atoms with van der Waals surface area (Å²) in [5, 5.41) is 7.95. The highest BCUT2D eigenvalue weighted by atomic mass is 32.2. The minimum absolute atomic E-state index is 0.0877. The lowest BCUT2D eigenvalue weighted by Gasteiger charge is -2.24. The van der Waals surface area contributed by atoms with Gasteiger partial charge in [-0.25, -0.2) is 4.68 Å². The molecule has 1 aromatic heterocycles. The van der Waals surface area contributed by atoms with Gasteiger partial charge in [0.2, 0.25) is 11.8 Å². The van der Waals surface area contributed by atoms with E-state index >= 15 is 0 Å².